The number of methoxy groups -OCH3 is 2. The third-order valence-corrected chi connectivity index (χ3v) is 6.77. The van der Waals surface area contributed by atoms with Crippen LogP contribution in [0.25, 0.3) is 11.1 Å². The van der Waals surface area contributed by atoms with Crippen LogP contribution in [-0.2, 0) is 17.8 Å². The summed E-state index contributed by atoms with van der Waals surface area (Å²) in [5, 5.41) is 9.41. The van der Waals surface area contributed by atoms with Crippen molar-refractivity contribution in [3.63, 3.8) is 0 Å². The number of pyridine rings is 1. The highest BCUT2D eigenvalue weighted by Crippen LogP contribution is 2.46. The second kappa shape index (κ2) is 11.4. The first-order valence-electron chi connectivity index (χ1n) is 12.9. The fourth-order valence-electron chi connectivity index (χ4n) is 4.78. The van der Waals surface area contributed by atoms with Gasteiger partial charge in [-0.2, -0.15) is 0 Å². The fraction of sp³-hybridized carbons (Fsp3) is 0.419. The van der Waals surface area contributed by atoms with E-state index in [4.69, 9.17) is 19.2 Å². The van der Waals surface area contributed by atoms with Crippen molar-refractivity contribution in [3.8, 4) is 28.4 Å². The Morgan fingerprint density at radius 1 is 1.03 bits per heavy atom. The minimum atomic E-state index is -0.802. The molecule has 0 amide bonds. The van der Waals surface area contributed by atoms with E-state index in [9.17, 15) is 14.3 Å². The molecule has 0 bridgehead atoms. The molecule has 2 aromatic carbocycles. The number of carboxylic acid groups (broad SMARTS) is 1. The van der Waals surface area contributed by atoms with Crippen LogP contribution in [0.3, 0.4) is 0 Å². The zero-order valence-corrected chi connectivity index (χ0v) is 22.7. The molecule has 1 unspecified atom stereocenters. The molecule has 202 valence electrons. The Morgan fingerprint density at radius 3 is 2.42 bits per heavy atom. The number of rotatable bonds is 11. The van der Waals surface area contributed by atoms with Crippen molar-refractivity contribution in [1.29, 1.82) is 0 Å². The molecule has 38 heavy (non-hydrogen) atoms. The number of halogens is 1. The van der Waals surface area contributed by atoms with Crippen molar-refractivity contribution in [2.75, 3.05) is 14.2 Å². The maximum atomic E-state index is 14.8. The molecule has 0 spiro atoms. The van der Waals surface area contributed by atoms with Gasteiger partial charge >= 0.3 is 5.97 Å². The standard InChI is InChI=1S/C31H36FNO5/c1-31(2,3)17-27-23(25-15-22(36-4)10-12-26(25)32)11-9-21(33-27)18-38-29-14-20(8-13-28(29)37-5)24(16-30(34)35)19-6-7-19/h8-15,19,24H,6-7,16-18H2,1-5H3,(H,34,35). The van der Waals surface area contributed by atoms with Gasteiger partial charge in [-0.25, -0.2) is 4.39 Å². The van der Waals surface area contributed by atoms with Gasteiger partial charge in [0.05, 0.1) is 26.3 Å². The Morgan fingerprint density at radius 2 is 1.79 bits per heavy atom. The summed E-state index contributed by atoms with van der Waals surface area (Å²) in [6.45, 7) is 6.54. The highest BCUT2D eigenvalue weighted by Gasteiger charge is 2.34. The van der Waals surface area contributed by atoms with Crippen LogP contribution >= 0.6 is 0 Å². The molecular formula is C31H36FNO5. The average molecular weight is 522 g/mol. The molecule has 1 saturated carbocycles. The summed E-state index contributed by atoms with van der Waals surface area (Å²) in [4.78, 5) is 16.3. The summed E-state index contributed by atoms with van der Waals surface area (Å²) in [5.41, 5.74) is 3.52. The van der Waals surface area contributed by atoms with Crippen LogP contribution in [0.4, 0.5) is 4.39 Å². The lowest BCUT2D eigenvalue weighted by molar-refractivity contribution is -0.137. The Kier molecular flexibility index (Phi) is 8.24. The van der Waals surface area contributed by atoms with E-state index < -0.39 is 5.97 Å². The molecule has 1 aromatic heterocycles. The van der Waals surface area contributed by atoms with Gasteiger partial charge in [0.15, 0.2) is 11.5 Å². The number of carbonyl (C=O) groups is 1. The van der Waals surface area contributed by atoms with Crippen LogP contribution in [0.1, 0.15) is 62.9 Å². The SMILES string of the molecule is COc1ccc(F)c(-c2ccc(COc3cc(C(CC(=O)O)C4CC4)ccc3OC)nc2CC(C)(C)C)c1. The summed E-state index contributed by atoms with van der Waals surface area (Å²) in [6, 6.07) is 14.1. The highest BCUT2D eigenvalue weighted by atomic mass is 19.1. The third-order valence-electron chi connectivity index (χ3n) is 6.77. The predicted octanol–water partition coefficient (Wildman–Crippen LogP) is 7.04. The molecule has 1 heterocycles. The molecule has 1 atom stereocenters. The molecule has 6 nitrogen and oxygen atoms in total. The first kappa shape index (κ1) is 27.4. The van der Waals surface area contributed by atoms with Crippen LogP contribution in [0, 0.1) is 17.2 Å². The van der Waals surface area contributed by atoms with E-state index in [1.165, 1.54) is 6.07 Å². The van der Waals surface area contributed by atoms with Crippen LogP contribution < -0.4 is 14.2 Å². The maximum Gasteiger partial charge on any atom is 0.303 e. The molecule has 0 radical (unpaired) electrons. The molecular weight excluding hydrogens is 485 g/mol. The normalized spacial score (nSPS) is 14.2. The number of carboxylic acids is 1. The van der Waals surface area contributed by atoms with E-state index in [1.807, 2.05) is 30.3 Å². The van der Waals surface area contributed by atoms with Crippen molar-refractivity contribution in [2.45, 2.75) is 59.0 Å². The van der Waals surface area contributed by atoms with Crippen LogP contribution in [0.15, 0.2) is 48.5 Å². The molecule has 1 aliphatic rings. The zero-order chi connectivity index (χ0) is 27.4. The Balaban J connectivity index is 1.63. The van der Waals surface area contributed by atoms with Crippen LogP contribution in [0.2, 0.25) is 0 Å². The highest BCUT2D eigenvalue weighted by molar-refractivity contribution is 5.69. The lowest BCUT2D eigenvalue weighted by Gasteiger charge is -2.21. The summed E-state index contributed by atoms with van der Waals surface area (Å²) < 4.78 is 31.8. The maximum absolute atomic E-state index is 14.8. The second-order valence-corrected chi connectivity index (χ2v) is 11.1. The average Bonchev–Trinajstić information content (AvgIpc) is 3.71. The van der Waals surface area contributed by atoms with Gasteiger partial charge in [-0.15, -0.1) is 0 Å². The molecule has 4 rings (SSSR count). The largest absolute Gasteiger partial charge is 0.497 e. The minimum absolute atomic E-state index is 0.0469. The third kappa shape index (κ3) is 6.82. The van der Waals surface area contributed by atoms with Gasteiger partial charge in [-0.05, 0) is 78.5 Å². The minimum Gasteiger partial charge on any atom is -0.497 e. The van der Waals surface area contributed by atoms with E-state index in [1.54, 1.807) is 26.4 Å². The monoisotopic (exact) mass is 521 g/mol. The molecule has 1 N–H and O–H groups in total. The number of aliphatic carboxylic acids is 1. The van der Waals surface area contributed by atoms with E-state index in [0.717, 1.165) is 29.7 Å². The van der Waals surface area contributed by atoms with Crippen molar-refractivity contribution in [3.05, 3.63) is 71.3 Å². The number of nitrogens with zero attached hydrogens (tertiary/aromatic N) is 1. The van der Waals surface area contributed by atoms with Gasteiger partial charge in [0.2, 0.25) is 0 Å². The van der Waals surface area contributed by atoms with Crippen LogP contribution in [-0.4, -0.2) is 30.3 Å². The van der Waals surface area contributed by atoms with Gasteiger partial charge in [-0.3, -0.25) is 9.78 Å². The first-order chi connectivity index (χ1) is 18.1. The number of ether oxygens (including phenoxy) is 3. The van der Waals surface area contributed by atoms with Crippen molar-refractivity contribution in [2.24, 2.45) is 11.3 Å². The number of benzene rings is 2. The van der Waals surface area contributed by atoms with Crippen molar-refractivity contribution >= 4 is 5.97 Å². The lowest BCUT2D eigenvalue weighted by atomic mass is 9.87. The molecule has 0 saturated heterocycles. The van der Waals surface area contributed by atoms with E-state index in [-0.39, 0.29) is 30.2 Å². The smallest absolute Gasteiger partial charge is 0.303 e. The molecule has 1 aliphatic carbocycles. The number of hydrogen-bond acceptors (Lipinski definition) is 5. The van der Waals surface area contributed by atoms with E-state index in [0.29, 0.717) is 40.8 Å². The fourth-order valence-corrected chi connectivity index (χ4v) is 4.78. The number of aromatic nitrogens is 1. The first-order valence-corrected chi connectivity index (χ1v) is 12.9. The lowest BCUT2D eigenvalue weighted by Crippen LogP contribution is -2.13. The van der Waals surface area contributed by atoms with Gasteiger partial charge in [-0.1, -0.05) is 32.9 Å². The Bertz CT molecular complexity index is 1300. The molecule has 7 heteroatoms. The molecule has 3 aromatic rings. The summed E-state index contributed by atoms with van der Waals surface area (Å²) >= 11 is 0. The molecule has 1 fully saturated rings. The van der Waals surface area contributed by atoms with Gasteiger partial charge in [0, 0.05) is 16.8 Å². The zero-order valence-electron chi connectivity index (χ0n) is 22.7. The number of hydrogen-bond donors (Lipinski definition) is 1. The second-order valence-electron chi connectivity index (χ2n) is 11.1. The quantitative estimate of drug-likeness (QED) is 0.292. The summed E-state index contributed by atoms with van der Waals surface area (Å²) in [7, 11) is 3.14. The molecule has 0 aliphatic heterocycles. The van der Waals surface area contributed by atoms with E-state index >= 15 is 0 Å². The van der Waals surface area contributed by atoms with Crippen molar-refractivity contribution in [1.82, 2.24) is 4.98 Å². The topological polar surface area (TPSA) is 77.9 Å². The van der Waals surface area contributed by atoms with Gasteiger partial charge in [0.25, 0.3) is 0 Å². The summed E-state index contributed by atoms with van der Waals surface area (Å²) in [5.74, 6) is 0.901. The Hall–Kier alpha value is -3.61. The van der Waals surface area contributed by atoms with E-state index in [2.05, 4.69) is 20.8 Å². The summed E-state index contributed by atoms with van der Waals surface area (Å²) in [6.07, 6.45) is 2.82. The predicted molar refractivity (Wildman–Crippen MR) is 144 cm³/mol. The van der Waals surface area contributed by atoms with Gasteiger partial charge in [0.1, 0.15) is 18.2 Å². The van der Waals surface area contributed by atoms with Gasteiger partial charge < -0.3 is 19.3 Å². The Labute approximate surface area is 223 Å². The van der Waals surface area contributed by atoms with Crippen LogP contribution in [0.5, 0.6) is 17.2 Å². The van der Waals surface area contributed by atoms with Crippen molar-refractivity contribution < 1.29 is 28.5 Å².